The molecule has 2 atom stereocenters. The number of anilines is 1. The summed E-state index contributed by atoms with van der Waals surface area (Å²) in [5.74, 6) is -0.0629. The van der Waals surface area contributed by atoms with Gasteiger partial charge >= 0.3 is 0 Å². The van der Waals surface area contributed by atoms with Gasteiger partial charge in [-0.2, -0.15) is 4.31 Å². The lowest BCUT2D eigenvalue weighted by Gasteiger charge is -2.34. The van der Waals surface area contributed by atoms with E-state index >= 15 is 0 Å². The van der Waals surface area contributed by atoms with Gasteiger partial charge in [-0.05, 0) is 68.7 Å². The number of morpholine rings is 1. The minimum Gasteiger partial charge on any atom is -0.373 e. The van der Waals surface area contributed by atoms with Gasteiger partial charge in [-0.25, -0.2) is 8.42 Å². The lowest BCUT2D eigenvalue weighted by molar-refractivity contribution is -0.118. The Bertz CT molecular complexity index is 1040. The molecule has 30 heavy (non-hydrogen) atoms. The molecule has 1 saturated carbocycles. The molecule has 1 amide bonds. The van der Waals surface area contributed by atoms with Crippen LogP contribution in [0.1, 0.15) is 32.3 Å². The van der Waals surface area contributed by atoms with Gasteiger partial charge in [0.25, 0.3) is 0 Å². The Morgan fingerprint density at radius 3 is 2.30 bits per heavy atom. The molecule has 0 radical (unpaired) electrons. The molecule has 1 aliphatic heterocycles. The summed E-state index contributed by atoms with van der Waals surface area (Å²) < 4.78 is 34.0. The number of amides is 1. The van der Waals surface area contributed by atoms with E-state index in [0.717, 1.165) is 22.9 Å². The van der Waals surface area contributed by atoms with Gasteiger partial charge in [-0.3, -0.25) is 4.79 Å². The number of halogens is 1. The van der Waals surface area contributed by atoms with E-state index in [1.807, 2.05) is 38.1 Å². The number of hydrogen-bond donors (Lipinski definition) is 1. The van der Waals surface area contributed by atoms with Crippen molar-refractivity contribution in [2.24, 2.45) is 0 Å². The first-order valence-corrected chi connectivity index (χ1v) is 12.3. The highest BCUT2D eigenvalue weighted by atomic mass is 79.9. The zero-order valence-corrected chi connectivity index (χ0v) is 19.4. The first-order valence-electron chi connectivity index (χ1n) is 10.0. The first-order chi connectivity index (χ1) is 14.2. The van der Waals surface area contributed by atoms with Gasteiger partial charge in [0.1, 0.15) is 0 Å². The fourth-order valence-corrected chi connectivity index (χ4v) is 5.98. The molecule has 2 fully saturated rings. The SMILES string of the molecule is CC1CN(S(=O)(=O)c2ccc(NC(=O)C3(c4cccc(Br)c4)CC3)cc2)CC(C)O1. The molecule has 1 heterocycles. The lowest BCUT2D eigenvalue weighted by Crippen LogP contribution is -2.48. The molecule has 1 saturated heterocycles. The van der Waals surface area contributed by atoms with Crippen LogP contribution in [-0.2, 0) is 25.0 Å². The van der Waals surface area contributed by atoms with Crippen LogP contribution in [0.4, 0.5) is 5.69 Å². The molecule has 2 aromatic rings. The lowest BCUT2D eigenvalue weighted by atomic mass is 9.95. The van der Waals surface area contributed by atoms with Crippen LogP contribution in [0.2, 0.25) is 0 Å². The third-order valence-electron chi connectivity index (χ3n) is 5.70. The number of benzene rings is 2. The second-order valence-electron chi connectivity index (χ2n) is 8.15. The van der Waals surface area contributed by atoms with Crippen LogP contribution in [0.5, 0.6) is 0 Å². The van der Waals surface area contributed by atoms with Gasteiger partial charge in [-0.1, -0.05) is 28.1 Å². The van der Waals surface area contributed by atoms with Gasteiger partial charge in [0.05, 0.1) is 22.5 Å². The van der Waals surface area contributed by atoms with Crippen molar-refractivity contribution >= 4 is 37.5 Å². The topological polar surface area (TPSA) is 75.7 Å². The van der Waals surface area contributed by atoms with Gasteiger partial charge in [0.15, 0.2) is 0 Å². The van der Waals surface area contributed by atoms with Crippen LogP contribution < -0.4 is 5.32 Å². The zero-order chi connectivity index (χ0) is 21.5. The first kappa shape index (κ1) is 21.5. The molecule has 0 spiro atoms. The van der Waals surface area contributed by atoms with Crippen LogP contribution in [0, 0.1) is 0 Å². The van der Waals surface area contributed by atoms with Gasteiger partial charge in [-0.15, -0.1) is 0 Å². The van der Waals surface area contributed by atoms with Crippen LogP contribution >= 0.6 is 15.9 Å². The predicted octanol–water partition coefficient (Wildman–Crippen LogP) is 3.92. The van der Waals surface area contributed by atoms with Crippen molar-refractivity contribution in [2.45, 2.75) is 49.2 Å². The number of sulfonamides is 1. The summed E-state index contributed by atoms with van der Waals surface area (Å²) in [6, 6.07) is 14.2. The number of rotatable bonds is 5. The maximum absolute atomic E-state index is 13.0. The summed E-state index contributed by atoms with van der Waals surface area (Å²) in [5, 5.41) is 2.95. The van der Waals surface area contributed by atoms with Crippen LogP contribution in [0.25, 0.3) is 0 Å². The van der Waals surface area contributed by atoms with Gasteiger partial charge < -0.3 is 10.1 Å². The predicted molar refractivity (Wildman–Crippen MR) is 119 cm³/mol. The number of carbonyl (C=O) groups is 1. The second-order valence-corrected chi connectivity index (χ2v) is 11.0. The van der Waals surface area contributed by atoms with E-state index in [1.54, 1.807) is 24.3 Å². The summed E-state index contributed by atoms with van der Waals surface area (Å²) in [7, 11) is -3.60. The number of ether oxygens (including phenoxy) is 1. The Morgan fingerprint density at radius 2 is 1.73 bits per heavy atom. The summed E-state index contributed by atoms with van der Waals surface area (Å²) in [6.07, 6.45) is 1.31. The van der Waals surface area contributed by atoms with Crippen molar-refractivity contribution in [1.29, 1.82) is 0 Å². The van der Waals surface area contributed by atoms with E-state index in [2.05, 4.69) is 21.2 Å². The average molecular weight is 493 g/mol. The summed E-state index contributed by atoms with van der Waals surface area (Å²) in [4.78, 5) is 13.2. The molecule has 0 aromatic heterocycles. The standard InChI is InChI=1S/C22H25BrN2O4S/c1-15-13-25(14-16(2)29-15)30(27,28)20-8-6-19(7-9-20)24-21(26)22(10-11-22)17-4-3-5-18(23)12-17/h3-9,12,15-16H,10-11,13-14H2,1-2H3,(H,24,26). The van der Waals surface area contributed by atoms with Crippen LogP contribution in [0.3, 0.4) is 0 Å². The maximum Gasteiger partial charge on any atom is 0.243 e. The Morgan fingerprint density at radius 1 is 1.10 bits per heavy atom. The Hall–Kier alpha value is -1.74. The second kappa shape index (κ2) is 8.07. The van der Waals surface area contributed by atoms with E-state index in [4.69, 9.17) is 4.74 Å². The van der Waals surface area contributed by atoms with Crippen molar-refractivity contribution < 1.29 is 17.9 Å². The monoisotopic (exact) mass is 492 g/mol. The Labute approximate surface area is 185 Å². The summed E-state index contributed by atoms with van der Waals surface area (Å²) in [5.41, 5.74) is 1.07. The van der Waals surface area contributed by atoms with E-state index in [9.17, 15) is 13.2 Å². The molecule has 1 N–H and O–H groups in total. The van der Waals surface area contributed by atoms with Crippen molar-refractivity contribution in [3.63, 3.8) is 0 Å². The van der Waals surface area contributed by atoms with Crippen LogP contribution in [0.15, 0.2) is 57.9 Å². The van der Waals surface area contributed by atoms with Crippen molar-refractivity contribution in [1.82, 2.24) is 4.31 Å². The largest absolute Gasteiger partial charge is 0.373 e. The van der Waals surface area contributed by atoms with Gasteiger partial charge in [0, 0.05) is 23.2 Å². The third kappa shape index (κ3) is 4.19. The molecule has 8 heteroatoms. The minimum atomic E-state index is -3.60. The average Bonchev–Trinajstić information content (AvgIpc) is 3.50. The quantitative estimate of drug-likeness (QED) is 0.686. The Kier molecular flexibility index (Phi) is 5.78. The number of nitrogens with zero attached hydrogens (tertiary/aromatic N) is 1. The highest BCUT2D eigenvalue weighted by molar-refractivity contribution is 9.10. The zero-order valence-electron chi connectivity index (χ0n) is 17.0. The van der Waals surface area contributed by atoms with E-state index in [0.29, 0.717) is 18.8 Å². The molecule has 2 aliphatic rings. The molecule has 160 valence electrons. The molecule has 4 rings (SSSR count). The molecule has 6 nitrogen and oxygen atoms in total. The third-order valence-corrected chi connectivity index (χ3v) is 8.04. The summed E-state index contributed by atoms with van der Waals surface area (Å²) in [6.45, 7) is 4.41. The van der Waals surface area contributed by atoms with Crippen molar-refractivity contribution in [3.05, 3.63) is 58.6 Å². The molecular weight excluding hydrogens is 468 g/mol. The maximum atomic E-state index is 13.0. The minimum absolute atomic E-state index is 0.0629. The molecule has 0 bridgehead atoms. The number of nitrogens with one attached hydrogen (secondary N) is 1. The van der Waals surface area contributed by atoms with Crippen molar-refractivity contribution in [3.8, 4) is 0 Å². The molecule has 2 aromatic carbocycles. The smallest absolute Gasteiger partial charge is 0.243 e. The molecule has 1 aliphatic carbocycles. The normalized spacial score (nSPS) is 23.7. The number of carbonyl (C=O) groups excluding carboxylic acids is 1. The van der Waals surface area contributed by atoms with E-state index < -0.39 is 15.4 Å². The fraction of sp³-hybridized carbons (Fsp3) is 0.409. The number of hydrogen-bond acceptors (Lipinski definition) is 4. The molecular formula is C22H25BrN2O4S. The highest BCUT2D eigenvalue weighted by Gasteiger charge is 2.51. The molecule has 2 unspecified atom stereocenters. The van der Waals surface area contributed by atoms with E-state index in [-0.39, 0.29) is 23.0 Å². The van der Waals surface area contributed by atoms with Crippen LogP contribution in [-0.4, -0.2) is 43.9 Å². The summed E-state index contributed by atoms with van der Waals surface area (Å²) >= 11 is 3.46. The van der Waals surface area contributed by atoms with Gasteiger partial charge in [0.2, 0.25) is 15.9 Å². The fourth-order valence-electron chi connectivity index (χ4n) is 3.99. The highest BCUT2D eigenvalue weighted by Crippen LogP contribution is 2.49. The Balaban J connectivity index is 1.48. The van der Waals surface area contributed by atoms with Crippen molar-refractivity contribution in [2.75, 3.05) is 18.4 Å². The van der Waals surface area contributed by atoms with E-state index in [1.165, 1.54) is 4.31 Å².